The smallest absolute Gasteiger partial charge is 0.0726 e. The molecular weight excluding hydrogens is 807 g/mol. The van der Waals surface area contributed by atoms with E-state index in [9.17, 15) is 0 Å². The molecule has 2 spiro atoms. The predicted octanol–water partition coefficient (Wildman–Crippen LogP) is 17.5. The van der Waals surface area contributed by atoms with Gasteiger partial charge < -0.3 is 4.90 Å². The van der Waals surface area contributed by atoms with Gasteiger partial charge >= 0.3 is 0 Å². The van der Waals surface area contributed by atoms with E-state index in [1.807, 2.05) is 0 Å². The second-order valence-electron chi connectivity index (χ2n) is 19.4. The third-order valence-corrected chi connectivity index (χ3v) is 16.4. The van der Waals surface area contributed by atoms with Crippen LogP contribution in [0, 0.1) is 0 Å². The van der Waals surface area contributed by atoms with Crippen LogP contribution in [0.25, 0.3) is 76.8 Å². The Morgan fingerprint density at radius 3 is 1.39 bits per heavy atom. The standard InChI is InChI=1S/C66H45N/c1-2-19-42(20-3-1)54-40-56-52-28-11-15-33-60(52)66(58-31-13-9-25-49(58)50-26-10-14-32-59(50)66)61(56)41-63(54)67(62-34-18-29-53-51-27-8-12-30-57(51)65(64(53)62)37-16-17-38-65)43-35-36-48-46-23-5-4-21-44(46)45-22-6-7-24-47(45)55(48)39-43/h1-15,18-36,39-41H,16-17,37-38H2. The molecule has 1 saturated carbocycles. The zero-order valence-corrected chi connectivity index (χ0v) is 37.1. The van der Waals surface area contributed by atoms with Crippen molar-refractivity contribution < 1.29 is 0 Å². The first-order chi connectivity index (χ1) is 33.2. The third-order valence-electron chi connectivity index (χ3n) is 16.4. The van der Waals surface area contributed by atoms with E-state index in [1.165, 1.54) is 140 Å². The quantitative estimate of drug-likeness (QED) is 0.159. The molecule has 0 atom stereocenters. The average Bonchev–Trinajstić information content (AvgIpc) is 4.15. The molecule has 0 amide bonds. The number of hydrogen-bond acceptors (Lipinski definition) is 1. The Labute approximate surface area is 391 Å². The minimum atomic E-state index is -0.491. The van der Waals surface area contributed by atoms with Crippen LogP contribution in [-0.2, 0) is 10.8 Å². The monoisotopic (exact) mass is 851 g/mol. The molecule has 1 nitrogen and oxygen atoms in total. The van der Waals surface area contributed by atoms with Crippen LogP contribution in [0.15, 0.2) is 224 Å². The van der Waals surface area contributed by atoms with E-state index in [2.05, 4.69) is 229 Å². The molecule has 67 heavy (non-hydrogen) atoms. The normalized spacial score (nSPS) is 15.2. The van der Waals surface area contributed by atoms with Crippen LogP contribution < -0.4 is 4.90 Å². The third kappa shape index (κ3) is 4.83. The Morgan fingerprint density at radius 2 is 0.776 bits per heavy atom. The highest BCUT2D eigenvalue weighted by atomic mass is 15.2. The maximum absolute atomic E-state index is 2.69. The van der Waals surface area contributed by atoms with Crippen LogP contribution in [0.4, 0.5) is 17.1 Å². The summed E-state index contributed by atoms with van der Waals surface area (Å²) in [6, 6.07) is 85.8. The van der Waals surface area contributed by atoms with Crippen molar-refractivity contribution in [2.24, 2.45) is 0 Å². The molecule has 314 valence electrons. The van der Waals surface area contributed by atoms with Crippen LogP contribution in [0.2, 0.25) is 0 Å². The van der Waals surface area contributed by atoms with Gasteiger partial charge in [0.15, 0.2) is 0 Å². The number of fused-ring (bicyclic) bond motifs is 21. The van der Waals surface area contributed by atoms with Crippen molar-refractivity contribution in [3.8, 4) is 44.5 Å². The van der Waals surface area contributed by atoms with Crippen LogP contribution in [0.5, 0.6) is 0 Å². The van der Waals surface area contributed by atoms with Gasteiger partial charge in [0.1, 0.15) is 0 Å². The molecule has 0 aromatic heterocycles. The van der Waals surface area contributed by atoms with E-state index in [0.717, 1.165) is 12.8 Å². The van der Waals surface area contributed by atoms with Gasteiger partial charge in [-0.3, -0.25) is 0 Å². The molecule has 1 fully saturated rings. The first kappa shape index (κ1) is 37.2. The lowest BCUT2D eigenvalue weighted by molar-refractivity contribution is 0.550. The summed E-state index contributed by atoms with van der Waals surface area (Å²) >= 11 is 0. The molecule has 4 aliphatic carbocycles. The van der Waals surface area contributed by atoms with E-state index < -0.39 is 5.41 Å². The van der Waals surface area contributed by atoms with Gasteiger partial charge in [0.2, 0.25) is 0 Å². The number of nitrogens with zero attached hydrogens (tertiary/aromatic N) is 1. The molecule has 1 heteroatoms. The van der Waals surface area contributed by atoms with Gasteiger partial charge in [-0.15, -0.1) is 0 Å². The maximum Gasteiger partial charge on any atom is 0.0726 e. The second kappa shape index (κ2) is 13.8. The van der Waals surface area contributed by atoms with Crippen LogP contribution in [0.1, 0.15) is 59.1 Å². The van der Waals surface area contributed by atoms with E-state index in [0.29, 0.717) is 0 Å². The van der Waals surface area contributed by atoms with Gasteiger partial charge in [0, 0.05) is 16.7 Å². The predicted molar refractivity (Wildman–Crippen MR) is 280 cm³/mol. The lowest BCUT2D eigenvalue weighted by atomic mass is 9.70. The first-order valence-corrected chi connectivity index (χ1v) is 24.1. The topological polar surface area (TPSA) is 3.24 Å². The van der Waals surface area contributed by atoms with E-state index in [1.54, 1.807) is 0 Å². The molecule has 4 aliphatic rings. The van der Waals surface area contributed by atoms with Crippen molar-refractivity contribution >= 4 is 49.4 Å². The Morgan fingerprint density at radius 1 is 0.299 bits per heavy atom. The van der Waals surface area contributed by atoms with Gasteiger partial charge in [-0.05, 0) is 148 Å². The number of hydrogen-bond donors (Lipinski definition) is 0. The van der Waals surface area contributed by atoms with Crippen LogP contribution in [0.3, 0.4) is 0 Å². The van der Waals surface area contributed by atoms with E-state index in [-0.39, 0.29) is 5.41 Å². The average molecular weight is 852 g/mol. The molecule has 0 aliphatic heterocycles. The number of benzene rings is 11. The lowest BCUT2D eigenvalue weighted by Gasteiger charge is -2.36. The number of anilines is 3. The van der Waals surface area contributed by atoms with E-state index in [4.69, 9.17) is 0 Å². The molecule has 0 saturated heterocycles. The fourth-order valence-electron chi connectivity index (χ4n) is 13.8. The van der Waals surface area contributed by atoms with Crippen molar-refractivity contribution in [1.29, 1.82) is 0 Å². The summed E-state index contributed by atoms with van der Waals surface area (Å²) in [6.07, 6.45) is 4.76. The summed E-state index contributed by atoms with van der Waals surface area (Å²) in [5.74, 6) is 0. The van der Waals surface area contributed by atoms with Crippen LogP contribution >= 0.6 is 0 Å². The van der Waals surface area contributed by atoms with Crippen molar-refractivity contribution in [3.63, 3.8) is 0 Å². The van der Waals surface area contributed by atoms with Gasteiger partial charge in [0.25, 0.3) is 0 Å². The molecule has 11 aromatic rings. The van der Waals surface area contributed by atoms with Crippen LogP contribution in [-0.4, -0.2) is 0 Å². The minimum Gasteiger partial charge on any atom is -0.310 e. The van der Waals surface area contributed by atoms with Gasteiger partial charge in [-0.2, -0.15) is 0 Å². The molecule has 0 unspecified atom stereocenters. The fourth-order valence-corrected chi connectivity index (χ4v) is 13.8. The Bertz CT molecular complexity index is 3810. The SMILES string of the molecule is c1ccc(-c2cc3c(cc2N(c2ccc4c5ccccc5c5ccccc5c4c2)c2cccc4c2C2(CCCC2)c2ccccc2-4)C2(c4ccccc4-c4ccccc42)c2ccccc2-3)cc1. The summed E-state index contributed by atoms with van der Waals surface area (Å²) < 4.78 is 0. The molecule has 0 heterocycles. The zero-order valence-electron chi connectivity index (χ0n) is 37.1. The highest BCUT2D eigenvalue weighted by molar-refractivity contribution is 6.26. The molecule has 11 aromatic carbocycles. The summed E-state index contributed by atoms with van der Waals surface area (Å²) in [5.41, 5.74) is 21.9. The van der Waals surface area contributed by atoms with Gasteiger partial charge in [0.05, 0.1) is 16.8 Å². The summed E-state index contributed by atoms with van der Waals surface area (Å²) in [5, 5.41) is 7.70. The van der Waals surface area contributed by atoms with Crippen molar-refractivity contribution in [3.05, 3.63) is 258 Å². The number of rotatable bonds is 4. The van der Waals surface area contributed by atoms with Crippen molar-refractivity contribution in [2.75, 3.05) is 4.90 Å². The molecule has 0 N–H and O–H groups in total. The molecule has 0 bridgehead atoms. The Hall–Kier alpha value is -8.00. The molecule has 0 radical (unpaired) electrons. The van der Waals surface area contributed by atoms with Crippen molar-refractivity contribution in [1.82, 2.24) is 0 Å². The summed E-state index contributed by atoms with van der Waals surface area (Å²) in [4.78, 5) is 2.69. The minimum absolute atomic E-state index is 0.0645. The Balaban J connectivity index is 1.10. The second-order valence-corrected chi connectivity index (χ2v) is 19.4. The van der Waals surface area contributed by atoms with Gasteiger partial charge in [-0.25, -0.2) is 0 Å². The Kier molecular flexibility index (Phi) is 7.65. The lowest BCUT2D eigenvalue weighted by Crippen LogP contribution is -2.27. The summed E-state index contributed by atoms with van der Waals surface area (Å²) in [7, 11) is 0. The largest absolute Gasteiger partial charge is 0.310 e. The highest BCUT2D eigenvalue weighted by Crippen LogP contribution is 2.65. The van der Waals surface area contributed by atoms with E-state index >= 15 is 0 Å². The summed E-state index contributed by atoms with van der Waals surface area (Å²) in [6.45, 7) is 0. The van der Waals surface area contributed by atoms with Gasteiger partial charge in [-0.1, -0.05) is 207 Å². The first-order valence-electron chi connectivity index (χ1n) is 24.1. The highest BCUT2D eigenvalue weighted by Gasteiger charge is 2.52. The molecule has 15 rings (SSSR count). The molecular formula is C66H45N. The van der Waals surface area contributed by atoms with Crippen molar-refractivity contribution in [2.45, 2.75) is 36.5 Å². The fraction of sp³-hybridized carbons (Fsp3) is 0.0909. The maximum atomic E-state index is 2.69. The zero-order chi connectivity index (χ0) is 43.8.